The van der Waals surface area contributed by atoms with Crippen molar-refractivity contribution < 1.29 is 0 Å². The van der Waals surface area contributed by atoms with Crippen LogP contribution in [0.25, 0.3) is 0 Å². The van der Waals surface area contributed by atoms with E-state index < -0.39 is 0 Å². The molecular formula is C16H19N3. The SMILES string of the molecule is CNCc1cc(N2c3ccccc3CC2C)ccn1. The van der Waals surface area contributed by atoms with Crippen LogP contribution in [0.5, 0.6) is 0 Å². The number of pyridine rings is 1. The molecule has 98 valence electrons. The number of nitrogens with zero attached hydrogens (tertiary/aromatic N) is 2. The lowest BCUT2D eigenvalue weighted by molar-refractivity contribution is 0.753. The van der Waals surface area contributed by atoms with E-state index in [9.17, 15) is 0 Å². The van der Waals surface area contributed by atoms with Gasteiger partial charge in [0.25, 0.3) is 0 Å². The minimum Gasteiger partial charge on any atom is -0.338 e. The van der Waals surface area contributed by atoms with Crippen molar-refractivity contribution in [1.29, 1.82) is 0 Å². The Morgan fingerprint density at radius 1 is 1.32 bits per heavy atom. The van der Waals surface area contributed by atoms with Gasteiger partial charge in [-0.05, 0) is 44.2 Å². The van der Waals surface area contributed by atoms with Crippen LogP contribution >= 0.6 is 0 Å². The molecule has 1 unspecified atom stereocenters. The number of fused-ring (bicyclic) bond motifs is 1. The molecule has 0 amide bonds. The number of hydrogen-bond donors (Lipinski definition) is 1. The largest absolute Gasteiger partial charge is 0.338 e. The molecule has 2 heterocycles. The lowest BCUT2D eigenvalue weighted by Gasteiger charge is -2.25. The second kappa shape index (κ2) is 5.02. The van der Waals surface area contributed by atoms with Crippen LogP contribution in [0.1, 0.15) is 18.2 Å². The fourth-order valence-electron chi connectivity index (χ4n) is 2.85. The van der Waals surface area contributed by atoms with Crippen LogP contribution in [-0.4, -0.2) is 18.1 Å². The molecule has 3 rings (SSSR count). The molecule has 2 aromatic rings. The molecule has 0 aliphatic carbocycles. The van der Waals surface area contributed by atoms with Gasteiger partial charge < -0.3 is 10.2 Å². The average Bonchev–Trinajstić information content (AvgIpc) is 2.75. The topological polar surface area (TPSA) is 28.2 Å². The van der Waals surface area contributed by atoms with E-state index in [1.54, 1.807) is 0 Å². The maximum absolute atomic E-state index is 4.39. The van der Waals surface area contributed by atoms with Gasteiger partial charge in [0.2, 0.25) is 0 Å². The average molecular weight is 253 g/mol. The summed E-state index contributed by atoms with van der Waals surface area (Å²) in [6.07, 6.45) is 3.01. The Hall–Kier alpha value is -1.87. The number of rotatable bonds is 3. The Labute approximate surface area is 114 Å². The smallest absolute Gasteiger partial charge is 0.0562 e. The van der Waals surface area contributed by atoms with Gasteiger partial charge in [0.15, 0.2) is 0 Å². The first-order chi connectivity index (χ1) is 9.29. The number of nitrogens with one attached hydrogen (secondary N) is 1. The van der Waals surface area contributed by atoms with Crippen molar-refractivity contribution in [1.82, 2.24) is 10.3 Å². The maximum atomic E-state index is 4.39. The summed E-state index contributed by atoms with van der Waals surface area (Å²) in [7, 11) is 1.95. The monoisotopic (exact) mass is 253 g/mol. The van der Waals surface area contributed by atoms with E-state index in [4.69, 9.17) is 0 Å². The van der Waals surface area contributed by atoms with Crippen molar-refractivity contribution in [2.45, 2.75) is 25.9 Å². The Morgan fingerprint density at radius 3 is 3.00 bits per heavy atom. The van der Waals surface area contributed by atoms with Crippen LogP contribution in [0.2, 0.25) is 0 Å². The summed E-state index contributed by atoms with van der Waals surface area (Å²) >= 11 is 0. The van der Waals surface area contributed by atoms with Crippen molar-refractivity contribution in [3.05, 3.63) is 53.9 Å². The van der Waals surface area contributed by atoms with Gasteiger partial charge in [-0.15, -0.1) is 0 Å². The molecule has 1 aliphatic heterocycles. The van der Waals surface area contributed by atoms with Gasteiger partial charge in [0.1, 0.15) is 0 Å². The zero-order chi connectivity index (χ0) is 13.2. The molecule has 3 nitrogen and oxygen atoms in total. The Kier molecular flexibility index (Phi) is 3.22. The van der Waals surface area contributed by atoms with Gasteiger partial charge in [-0.1, -0.05) is 18.2 Å². The fraction of sp³-hybridized carbons (Fsp3) is 0.312. The number of hydrogen-bond acceptors (Lipinski definition) is 3. The van der Waals surface area contributed by atoms with Crippen LogP contribution in [0.4, 0.5) is 11.4 Å². The first-order valence-corrected chi connectivity index (χ1v) is 6.76. The highest BCUT2D eigenvalue weighted by molar-refractivity contribution is 5.70. The standard InChI is InChI=1S/C16H19N3/c1-12-9-13-5-3-4-6-16(13)19(12)15-7-8-18-14(10-15)11-17-2/h3-8,10,12,17H,9,11H2,1-2H3. The van der Waals surface area contributed by atoms with Crippen LogP contribution in [-0.2, 0) is 13.0 Å². The Morgan fingerprint density at radius 2 is 2.16 bits per heavy atom. The van der Waals surface area contributed by atoms with E-state index in [1.165, 1.54) is 16.9 Å². The molecule has 0 spiro atoms. The highest BCUT2D eigenvalue weighted by Gasteiger charge is 2.26. The molecule has 0 saturated carbocycles. The molecule has 1 aromatic heterocycles. The summed E-state index contributed by atoms with van der Waals surface area (Å²) in [5.74, 6) is 0. The third kappa shape index (κ3) is 2.22. The van der Waals surface area contributed by atoms with Crippen LogP contribution in [0.15, 0.2) is 42.6 Å². The van der Waals surface area contributed by atoms with E-state index in [0.29, 0.717) is 6.04 Å². The van der Waals surface area contributed by atoms with E-state index in [-0.39, 0.29) is 0 Å². The zero-order valence-electron chi connectivity index (χ0n) is 11.4. The summed E-state index contributed by atoms with van der Waals surface area (Å²) in [5.41, 5.74) is 5.08. The number of para-hydroxylation sites is 1. The predicted molar refractivity (Wildman–Crippen MR) is 78.7 cm³/mol. The minimum atomic E-state index is 0.502. The third-order valence-electron chi connectivity index (χ3n) is 3.64. The number of benzene rings is 1. The molecule has 1 N–H and O–H groups in total. The third-order valence-corrected chi connectivity index (χ3v) is 3.64. The second-order valence-electron chi connectivity index (χ2n) is 5.09. The number of anilines is 2. The summed E-state index contributed by atoms with van der Waals surface area (Å²) in [4.78, 5) is 6.81. The van der Waals surface area contributed by atoms with Crippen molar-refractivity contribution in [3.63, 3.8) is 0 Å². The van der Waals surface area contributed by atoms with Crippen molar-refractivity contribution in [2.75, 3.05) is 11.9 Å². The summed E-state index contributed by atoms with van der Waals surface area (Å²) in [6, 6.07) is 13.4. The Balaban J connectivity index is 2.00. The fourth-order valence-corrected chi connectivity index (χ4v) is 2.85. The lowest BCUT2D eigenvalue weighted by Crippen LogP contribution is -2.24. The predicted octanol–water partition coefficient (Wildman–Crippen LogP) is 2.88. The Bertz CT molecular complexity index is 580. The van der Waals surface area contributed by atoms with Crippen molar-refractivity contribution >= 4 is 11.4 Å². The van der Waals surface area contributed by atoms with Gasteiger partial charge in [0, 0.05) is 30.2 Å². The molecule has 3 heteroatoms. The molecule has 0 radical (unpaired) electrons. The van der Waals surface area contributed by atoms with E-state index in [2.05, 4.69) is 58.5 Å². The molecule has 1 atom stereocenters. The normalized spacial score (nSPS) is 17.6. The molecular weight excluding hydrogens is 234 g/mol. The quantitative estimate of drug-likeness (QED) is 0.911. The highest BCUT2D eigenvalue weighted by Crippen LogP contribution is 2.37. The maximum Gasteiger partial charge on any atom is 0.0562 e. The molecule has 19 heavy (non-hydrogen) atoms. The van der Waals surface area contributed by atoms with E-state index in [0.717, 1.165) is 18.7 Å². The first-order valence-electron chi connectivity index (χ1n) is 6.76. The second-order valence-corrected chi connectivity index (χ2v) is 5.09. The number of aromatic nitrogens is 1. The molecule has 0 saturated heterocycles. The van der Waals surface area contributed by atoms with Crippen LogP contribution in [0.3, 0.4) is 0 Å². The van der Waals surface area contributed by atoms with Gasteiger partial charge >= 0.3 is 0 Å². The zero-order valence-corrected chi connectivity index (χ0v) is 11.4. The molecule has 1 aliphatic rings. The van der Waals surface area contributed by atoms with Crippen LogP contribution < -0.4 is 10.2 Å². The highest BCUT2D eigenvalue weighted by atomic mass is 15.2. The van der Waals surface area contributed by atoms with Gasteiger partial charge in [-0.2, -0.15) is 0 Å². The van der Waals surface area contributed by atoms with E-state index in [1.807, 2.05) is 13.2 Å². The van der Waals surface area contributed by atoms with Crippen LogP contribution in [0, 0.1) is 0 Å². The summed E-state index contributed by atoms with van der Waals surface area (Å²) in [5, 5.41) is 3.15. The first kappa shape index (κ1) is 12.2. The van der Waals surface area contributed by atoms with Crippen molar-refractivity contribution in [2.24, 2.45) is 0 Å². The van der Waals surface area contributed by atoms with Gasteiger partial charge in [0.05, 0.1) is 5.69 Å². The minimum absolute atomic E-state index is 0.502. The summed E-state index contributed by atoms with van der Waals surface area (Å²) in [6.45, 7) is 3.08. The van der Waals surface area contributed by atoms with Crippen molar-refractivity contribution in [3.8, 4) is 0 Å². The molecule has 1 aromatic carbocycles. The van der Waals surface area contributed by atoms with Gasteiger partial charge in [-0.25, -0.2) is 0 Å². The summed E-state index contributed by atoms with van der Waals surface area (Å²) < 4.78 is 0. The molecule has 0 bridgehead atoms. The van der Waals surface area contributed by atoms with Gasteiger partial charge in [-0.3, -0.25) is 4.98 Å². The lowest BCUT2D eigenvalue weighted by atomic mass is 10.1. The van der Waals surface area contributed by atoms with E-state index >= 15 is 0 Å². The molecule has 0 fully saturated rings.